The Hall–Kier alpha value is -1.80. The van der Waals surface area contributed by atoms with Crippen LogP contribution in [0.5, 0.6) is 5.75 Å². The van der Waals surface area contributed by atoms with Crippen molar-refractivity contribution in [2.45, 2.75) is 25.7 Å². The molecule has 9 heteroatoms. The van der Waals surface area contributed by atoms with Gasteiger partial charge in [-0.1, -0.05) is 37.0 Å². The van der Waals surface area contributed by atoms with Crippen LogP contribution >= 0.6 is 23.2 Å². The lowest BCUT2D eigenvalue weighted by Crippen LogP contribution is -2.28. The van der Waals surface area contributed by atoms with Crippen molar-refractivity contribution in [1.29, 1.82) is 0 Å². The summed E-state index contributed by atoms with van der Waals surface area (Å²) in [7, 11) is -3.88. The third-order valence-corrected chi connectivity index (χ3v) is 5.86. The summed E-state index contributed by atoms with van der Waals surface area (Å²) in [6.45, 7) is 6.41. The van der Waals surface area contributed by atoms with Crippen LogP contribution in [0.25, 0.3) is 0 Å². The molecular weight excluding hydrogens is 423 g/mol. The van der Waals surface area contributed by atoms with E-state index in [4.69, 9.17) is 27.9 Å². The third-order valence-electron chi connectivity index (χ3n) is 3.66. The number of ether oxygens (including phenoxy) is 1. The van der Waals surface area contributed by atoms with E-state index in [9.17, 15) is 13.2 Å². The van der Waals surface area contributed by atoms with Crippen molar-refractivity contribution in [2.75, 3.05) is 18.5 Å². The number of amides is 1. The van der Waals surface area contributed by atoms with Crippen LogP contribution < -0.4 is 14.8 Å². The van der Waals surface area contributed by atoms with Crippen LogP contribution in [0.1, 0.15) is 31.1 Å². The normalized spacial score (nSPS) is 11.5. The highest BCUT2D eigenvalue weighted by Crippen LogP contribution is 2.29. The standard InChI is InChI=1S/C19H22Cl2N2O4S/c1-4-27-14-7-5-13(6-8-14)23-19(24)15-9-18(17(21)10-16(15)20)28(25,26)22-11-12(2)3/h5-10,12,22H,4,11H2,1-3H3,(H,23,24). The van der Waals surface area contributed by atoms with Crippen LogP contribution in [0.4, 0.5) is 5.69 Å². The quantitative estimate of drug-likeness (QED) is 0.623. The van der Waals surface area contributed by atoms with E-state index in [0.29, 0.717) is 18.0 Å². The number of carbonyl (C=O) groups is 1. The molecule has 6 nitrogen and oxygen atoms in total. The molecule has 0 aromatic heterocycles. The number of anilines is 1. The Morgan fingerprint density at radius 1 is 1.11 bits per heavy atom. The largest absolute Gasteiger partial charge is 0.494 e. The van der Waals surface area contributed by atoms with E-state index in [2.05, 4.69) is 10.0 Å². The molecule has 0 spiro atoms. The molecule has 0 aliphatic heterocycles. The summed E-state index contributed by atoms with van der Waals surface area (Å²) < 4.78 is 32.9. The molecule has 0 radical (unpaired) electrons. The molecule has 0 saturated heterocycles. The Morgan fingerprint density at radius 3 is 2.32 bits per heavy atom. The molecule has 1 amide bonds. The van der Waals surface area contributed by atoms with E-state index in [-0.39, 0.29) is 33.0 Å². The SMILES string of the molecule is CCOc1ccc(NC(=O)c2cc(S(=O)(=O)NCC(C)C)c(Cl)cc2Cl)cc1. The molecule has 0 unspecified atom stereocenters. The van der Waals surface area contributed by atoms with Gasteiger partial charge in [-0.15, -0.1) is 0 Å². The average Bonchev–Trinajstić information content (AvgIpc) is 2.61. The molecular formula is C19H22Cl2N2O4S. The van der Waals surface area contributed by atoms with Gasteiger partial charge in [0.1, 0.15) is 10.6 Å². The summed E-state index contributed by atoms with van der Waals surface area (Å²) in [5.41, 5.74) is 0.520. The van der Waals surface area contributed by atoms with Crippen molar-refractivity contribution >= 4 is 44.8 Å². The van der Waals surface area contributed by atoms with Crippen LogP contribution in [-0.2, 0) is 10.0 Å². The molecule has 0 bridgehead atoms. The molecule has 0 heterocycles. The van der Waals surface area contributed by atoms with Gasteiger partial charge < -0.3 is 10.1 Å². The minimum absolute atomic E-state index is 0.00451. The van der Waals surface area contributed by atoms with E-state index in [0.717, 1.165) is 0 Å². The number of rotatable bonds is 8. The number of sulfonamides is 1. The van der Waals surface area contributed by atoms with Gasteiger partial charge in [0.15, 0.2) is 0 Å². The van der Waals surface area contributed by atoms with Crippen molar-refractivity contribution in [3.8, 4) is 5.75 Å². The van der Waals surface area contributed by atoms with Gasteiger partial charge in [0, 0.05) is 12.2 Å². The molecule has 2 rings (SSSR count). The minimum Gasteiger partial charge on any atom is -0.494 e. The molecule has 0 atom stereocenters. The lowest BCUT2D eigenvalue weighted by atomic mass is 10.2. The Balaban J connectivity index is 2.28. The van der Waals surface area contributed by atoms with Gasteiger partial charge in [0.2, 0.25) is 10.0 Å². The van der Waals surface area contributed by atoms with Crippen molar-refractivity contribution in [3.63, 3.8) is 0 Å². The van der Waals surface area contributed by atoms with E-state index in [1.807, 2.05) is 20.8 Å². The fourth-order valence-electron chi connectivity index (χ4n) is 2.26. The molecule has 0 aliphatic carbocycles. The minimum atomic E-state index is -3.88. The molecule has 28 heavy (non-hydrogen) atoms. The average molecular weight is 445 g/mol. The first-order chi connectivity index (χ1) is 13.1. The number of hydrogen-bond donors (Lipinski definition) is 2. The van der Waals surface area contributed by atoms with Crippen molar-refractivity contribution in [2.24, 2.45) is 5.92 Å². The predicted molar refractivity (Wildman–Crippen MR) is 112 cm³/mol. The fourth-order valence-corrected chi connectivity index (χ4v) is 4.33. The highest BCUT2D eigenvalue weighted by molar-refractivity contribution is 7.89. The highest BCUT2D eigenvalue weighted by Gasteiger charge is 2.23. The Bertz CT molecular complexity index is 945. The van der Waals surface area contributed by atoms with Gasteiger partial charge in [0.05, 0.1) is 22.2 Å². The third kappa shape index (κ3) is 5.85. The number of hydrogen-bond acceptors (Lipinski definition) is 4. The van der Waals surface area contributed by atoms with Gasteiger partial charge in [-0.05, 0) is 49.2 Å². The first kappa shape index (κ1) is 22.5. The Morgan fingerprint density at radius 2 is 1.75 bits per heavy atom. The summed E-state index contributed by atoms with van der Waals surface area (Å²) in [6.07, 6.45) is 0. The van der Waals surface area contributed by atoms with E-state index in [1.165, 1.54) is 12.1 Å². The van der Waals surface area contributed by atoms with E-state index < -0.39 is 15.9 Å². The summed E-state index contributed by atoms with van der Waals surface area (Å²) in [5, 5.41) is 2.67. The topological polar surface area (TPSA) is 84.5 Å². The van der Waals surface area contributed by atoms with Gasteiger partial charge in [0.25, 0.3) is 5.91 Å². The van der Waals surface area contributed by atoms with Gasteiger partial charge in [-0.3, -0.25) is 4.79 Å². The second-order valence-electron chi connectivity index (χ2n) is 6.42. The fraction of sp³-hybridized carbons (Fsp3) is 0.316. The first-order valence-corrected chi connectivity index (χ1v) is 10.9. The van der Waals surface area contributed by atoms with Crippen molar-refractivity contribution in [3.05, 3.63) is 52.0 Å². The zero-order valence-electron chi connectivity index (χ0n) is 15.8. The molecule has 2 aromatic carbocycles. The van der Waals surface area contributed by atoms with Crippen LogP contribution in [-0.4, -0.2) is 27.5 Å². The number of benzene rings is 2. The summed E-state index contributed by atoms with van der Waals surface area (Å²) >= 11 is 12.2. The maximum Gasteiger partial charge on any atom is 0.257 e. The summed E-state index contributed by atoms with van der Waals surface area (Å²) in [5.74, 6) is 0.240. The van der Waals surface area contributed by atoms with Crippen molar-refractivity contribution in [1.82, 2.24) is 4.72 Å². The first-order valence-electron chi connectivity index (χ1n) is 8.67. The van der Waals surface area contributed by atoms with E-state index in [1.54, 1.807) is 24.3 Å². The van der Waals surface area contributed by atoms with Crippen LogP contribution in [0.3, 0.4) is 0 Å². The van der Waals surface area contributed by atoms with Crippen molar-refractivity contribution < 1.29 is 17.9 Å². The van der Waals surface area contributed by atoms with Gasteiger partial charge >= 0.3 is 0 Å². The number of nitrogens with one attached hydrogen (secondary N) is 2. The monoisotopic (exact) mass is 444 g/mol. The van der Waals surface area contributed by atoms with Crippen LogP contribution in [0.2, 0.25) is 10.0 Å². The smallest absolute Gasteiger partial charge is 0.257 e. The molecule has 0 fully saturated rings. The second kappa shape index (κ2) is 9.60. The summed E-state index contributed by atoms with van der Waals surface area (Å²) in [4.78, 5) is 12.4. The lowest BCUT2D eigenvalue weighted by molar-refractivity contribution is 0.102. The zero-order chi connectivity index (χ0) is 20.9. The molecule has 2 N–H and O–H groups in total. The predicted octanol–water partition coefficient (Wildman–Crippen LogP) is 4.58. The van der Waals surface area contributed by atoms with Crippen LogP contribution in [0.15, 0.2) is 41.3 Å². The highest BCUT2D eigenvalue weighted by atomic mass is 35.5. The number of carbonyl (C=O) groups excluding carboxylic acids is 1. The van der Waals surface area contributed by atoms with Gasteiger partial charge in [-0.2, -0.15) is 0 Å². The summed E-state index contributed by atoms with van der Waals surface area (Å²) in [6, 6.07) is 9.21. The molecule has 152 valence electrons. The Kier molecular flexibility index (Phi) is 7.71. The lowest BCUT2D eigenvalue weighted by Gasteiger charge is -2.13. The maximum absolute atomic E-state index is 12.6. The molecule has 0 saturated carbocycles. The maximum atomic E-state index is 12.6. The number of halogens is 2. The Labute approximate surface area is 175 Å². The van der Waals surface area contributed by atoms with Gasteiger partial charge in [-0.25, -0.2) is 13.1 Å². The van der Waals surface area contributed by atoms with Crippen LogP contribution in [0, 0.1) is 5.92 Å². The molecule has 0 aliphatic rings. The second-order valence-corrected chi connectivity index (χ2v) is 8.97. The molecule has 2 aromatic rings. The van der Waals surface area contributed by atoms with E-state index >= 15 is 0 Å². The zero-order valence-corrected chi connectivity index (χ0v) is 18.1.